The molecule has 1 N–H and O–H groups in total. The molecule has 0 bridgehead atoms. The molecule has 0 spiro atoms. The first-order valence-corrected chi connectivity index (χ1v) is 10.1. The van der Waals surface area contributed by atoms with Crippen molar-refractivity contribution in [2.45, 2.75) is 32.0 Å². The minimum absolute atomic E-state index is 0.208. The Balaban J connectivity index is 2.07. The van der Waals surface area contributed by atoms with E-state index in [2.05, 4.69) is 0 Å². The van der Waals surface area contributed by atoms with Crippen LogP contribution >= 0.6 is 11.6 Å². The van der Waals surface area contributed by atoms with Crippen LogP contribution in [0.4, 0.5) is 13.2 Å². The summed E-state index contributed by atoms with van der Waals surface area (Å²) in [4.78, 5) is 13.4. The molecule has 1 fully saturated rings. The molecule has 0 amide bonds. The Kier molecular flexibility index (Phi) is 6.93. The molecule has 1 aliphatic heterocycles. The number of aliphatic carboxylic acids is 1. The molecule has 2 aromatic rings. The average molecular weight is 442 g/mol. The van der Waals surface area contributed by atoms with E-state index in [0.29, 0.717) is 37.3 Å². The number of halogens is 4. The molecule has 0 aliphatic carbocycles. The van der Waals surface area contributed by atoms with Gasteiger partial charge in [0.05, 0.1) is 24.1 Å². The second kappa shape index (κ2) is 9.27. The number of alkyl halides is 3. The second-order valence-corrected chi connectivity index (χ2v) is 7.72. The van der Waals surface area contributed by atoms with Crippen LogP contribution in [0.2, 0.25) is 5.02 Å². The van der Waals surface area contributed by atoms with Crippen LogP contribution in [0.15, 0.2) is 42.5 Å². The van der Waals surface area contributed by atoms with Gasteiger partial charge in [-0.2, -0.15) is 13.2 Å². The first kappa shape index (κ1) is 22.4. The molecular formula is C22H23ClF3NO3. The predicted octanol–water partition coefficient (Wildman–Crippen LogP) is 5.64. The van der Waals surface area contributed by atoms with Crippen LogP contribution in [-0.4, -0.2) is 35.7 Å². The van der Waals surface area contributed by atoms with E-state index in [1.807, 2.05) is 11.8 Å². The quantitative estimate of drug-likeness (QED) is 0.630. The van der Waals surface area contributed by atoms with Crippen molar-refractivity contribution in [1.29, 1.82) is 0 Å². The zero-order valence-electron chi connectivity index (χ0n) is 16.5. The Morgan fingerprint density at radius 1 is 1.27 bits per heavy atom. The summed E-state index contributed by atoms with van der Waals surface area (Å²) in [5, 5.41) is 9.67. The summed E-state index contributed by atoms with van der Waals surface area (Å²) in [7, 11) is 0. The van der Waals surface area contributed by atoms with E-state index in [9.17, 15) is 23.1 Å². The molecule has 2 aromatic carbocycles. The number of carbonyl (C=O) groups is 1. The van der Waals surface area contributed by atoms with Crippen LogP contribution in [-0.2, 0) is 11.0 Å². The number of nitrogens with zero attached hydrogens (tertiary/aromatic N) is 1. The van der Waals surface area contributed by atoms with E-state index in [1.54, 1.807) is 24.3 Å². The lowest BCUT2D eigenvalue weighted by atomic mass is 9.90. The van der Waals surface area contributed by atoms with Gasteiger partial charge in [0.1, 0.15) is 5.75 Å². The summed E-state index contributed by atoms with van der Waals surface area (Å²) in [5.41, 5.74) is 0.247. The van der Waals surface area contributed by atoms with E-state index in [-0.39, 0.29) is 11.6 Å². The lowest BCUT2D eigenvalue weighted by Gasteiger charge is -2.38. The molecule has 2 atom stereocenters. The monoisotopic (exact) mass is 441 g/mol. The Morgan fingerprint density at radius 3 is 2.57 bits per heavy atom. The van der Waals surface area contributed by atoms with Crippen molar-refractivity contribution in [3.05, 3.63) is 64.2 Å². The van der Waals surface area contributed by atoms with Crippen LogP contribution < -0.4 is 4.74 Å². The van der Waals surface area contributed by atoms with E-state index in [4.69, 9.17) is 16.3 Å². The maximum atomic E-state index is 13.4. The highest BCUT2D eigenvalue weighted by molar-refractivity contribution is 6.31. The van der Waals surface area contributed by atoms with Gasteiger partial charge in [-0.1, -0.05) is 23.7 Å². The molecule has 3 rings (SSSR count). The largest absolute Gasteiger partial charge is 0.494 e. The summed E-state index contributed by atoms with van der Waals surface area (Å²) in [5.74, 6) is -0.828. The number of rotatable bonds is 6. The van der Waals surface area contributed by atoms with Gasteiger partial charge in [0, 0.05) is 11.6 Å². The molecule has 0 aromatic heterocycles. The Bertz CT molecular complexity index is 886. The van der Waals surface area contributed by atoms with Gasteiger partial charge in [-0.05, 0) is 67.8 Å². The van der Waals surface area contributed by atoms with Crippen LogP contribution in [0.3, 0.4) is 0 Å². The number of hydrogen-bond donors (Lipinski definition) is 1. The molecule has 0 radical (unpaired) electrons. The molecule has 30 heavy (non-hydrogen) atoms. The van der Waals surface area contributed by atoms with Crippen LogP contribution in [0.25, 0.3) is 0 Å². The minimum Gasteiger partial charge on any atom is -0.494 e. The van der Waals surface area contributed by atoms with Crippen LogP contribution in [0, 0.1) is 5.92 Å². The molecule has 4 nitrogen and oxygen atoms in total. The molecule has 1 heterocycles. The summed E-state index contributed by atoms with van der Waals surface area (Å²) in [6.45, 7) is 3.15. The predicted molar refractivity (Wildman–Crippen MR) is 108 cm³/mol. The molecule has 1 saturated heterocycles. The molecule has 162 valence electrons. The fraction of sp³-hybridized carbons (Fsp3) is 0.409. The van der Waals surface area contributed by atoms with Crippen molar-refractivity contribution in [3.63, 3.8) is 0 Å². The van der Waals surface area contributed by atoms with Crippen LogP contribution in [0.1, 0.15) is 42.5 Å². The van der Waals surface area contributed by atoms with Gasteiger partial charge in [-0.3, -0.25) is 9.69 Å². The van der Waals surface area contributed by atoms with Gasteiger partial charge < -0.3 is 9.84 Å². The maximum Gasteiger partial charge on any atom is 0.416 e. The van der Waals surface area contributed by atoms with Gasteiger partial charge >= 0.3 is 12.1 Å². The Morgan fingerprint density at radius 2 is 1.97 bits per heavy atom. The van der Waals surface area contributed by atoms with Crippen molar-refractivity contribution in [1.82, 2.24) is 4.90 Å². The lowest BCUT2D eigenvalue weighted by Crippen LogP contribution is -2.41. The van der Waals surface area contributed by atoms with Crippen molar-refractivity contribution in [2.75, 3.05) is 19.7 Å². The summed E-state index contributed by atoms with van der Waals surface area (Å²) in [6, 6.07) is 9.76. The number of piperidine rings is 1. The first-order valence-electron chi connectivity index (χ1n) is 9.77. The highest BCUT2D eigenvalue weighted by Crippen LogP contribution is 2.40. The molecular weight excluding hydrogens is 419 g/mol. The number of likely N-dealkylation sites (tertiary alicyclic amines) is 1. The number of ether oxygens (including phenoxy) is 1. The maximum absolute atomic E-state index is 13.4. The Hall–Kier alpha value is -2.25. The van der Waals surface area contributed by atoms with Crippen LogP contribution in [0.5, 0.6) is 5.75 Å². The molecule has 8 heteroatoms. The lowest BCUT2D eigenvalue weighted by molar-refractivity contribution is -0.143. The molecule has 2 unspecified atom stereocenters. The van der Waals surface area contributed by atoms with E-state index >= 15 is 0 Å². The van der Waals surface area contributed by atoms with E-state index < -0.39 is 29.7 Å². The van der Waals surface area contributed by atoms with E-state index in [0.717, 1.165) is 17.7 Å². The van der Waals surface area contributed by atoms with Crippen molar-refractivity contribution < 1.29 is 27.8 Å². The van der Waals surface area contributed by atoms with Crippen molar-refractivity contribution in [3.8, 4) is 5.75 Å². The van der Waals surface area contributed by atoms with Gasteiger partial charge in [0.2, 0.25) is 0 Å². The SMILES string of the molecule is CCOc1ccc(C(c2cc(C(F)(F)F)ccc2Cl)N2CCCC(C(=O)O)C2)cc1. The topological polar surface area (TPSA) is 49.8 Å². The highest BCUT2D eigenvalue weighted by atomic mass is 35.5. The average Bonchev–Trinajstić information content (AvgIpc) is 2.70. The smallest absolute Gasteiger partial charge is 0.416 e. The third kappa shape index (κ3) is 5.08. The fourth-order valence-corrected chi connectivity index (χ4v) is 4.09. The summed E-state index contributed by atoms with van der Waals surface area (Å²) >= 11 is 6.36. The normalized spacial score (nSPS) is 18.8. The summed E-state index contributed by atoms with van der Waals surface area (Å²) in [6.07, 6.45) is -3.33. The highest BCUT2D eigenvalue weighted by Gasteiger charge is 2.35. The van der Waals surface area contributed by atoms with Gasteiger partial charge in [-0.15, -0.1) is 0 Å². The van der Waals surface area contributed by atoms with Gasteiger partial charge in [0.15, 0.2) is 0 Å². The minimum atomic E-state index is -4.51. The van der Waals surface area contributed by atoms with Gasteiger partial charge in [0.25, 0.3) is 0 Å². The Labute approximate surface area is 178 Å². The third-order valence-corrected chi connectivity index (χ3v) is 5.64. The molecule has 0 saturated carbocycles. The zero-order valence-corrected chi connectivity index (χ0v) is 17.2. The first-order chi connectivity index (χ1) is 14.2. The number of carboxylic acid groups (broad SMARTS) is 1. The third-order valence-electron chi connectivity index (χ3n) is 5.29. The molecule has 1 aliphatic rings. The van der Waals surface area contributed by atoms with Crippen molar-refractivity contribution in [2.24, 2.45) is 5.92 Å². The standard InChI is InChI=1S/C22H23ClF3NO3/c1-2-30-17-8-5-14(6-9-17)20(27-11-3-4-15(13-27)21(28)29)18-12-16(22(24,25)26)7-10-19(18)23/h5-10,12,15,20H,2-4,11,13H2,1H3,(H,28,29). The van der Waals surface area contributed by atoms with Crippen molar-refractivity contribution >= 4 is 17.6 Å². The number of carboxylic acids is 1. The summed E-state index contributed by atoms with van der Waals surface area (Å²) < 4.78 is 45.5. The fourth-order valence-electron chi connectivity index (χ4n) is 3.87. The number of benzene rings is 2. The number of hydrogen-bond acceptors (Lipinski definition) is 3. The zero-order chi connectivity index (χ0) is 21.9. The second-order valence-electron chi connectivity index (χ2n) is 7.31. The van der Waals surface area contributed by atoms with Gasteiger partial charge in [-0.25, -0.2) is 0 Å². The van der Waals surface area contributed by atoms with E-state index in [1.165, 1.54) is 6.07 Å².